The molecule has 1 aromatic rings. The van der Waals surface area contributed by atoms with Crippen LogP contribution in [0.15, 0.2) is 18.3 Å². The molecule has 9 heteroatoms. The van der Waals surface area contributed by atoms with E-state index in [4.69, 9.17) is 0 Å². The number of ether oxygens (including phenoxy) is 1. The van der Waals surface area contributed by atoms with Crippen LogP contribution in [0, 0.1) is 0 Å². The van der Waals surface area contributed by atoms with Crippen LogP contribution in [0.2, 0.25) is 0 Å². The van der Waals surface area contributed by atoms with Crippen LogP contribution in [0.1, 0.15) is 23.7 Å². The van der Waals surface area contributed by atoms with Gasteiger partial charge in [0, 0.05) is 18.8 Å². The molecular formula is C13H16F3N3O3. The zero-order valence-electron chi connectivity index (χ0n) is 11.9. The SMILES string of the molecule is CCCNC(=O)CNC(=O)c1ccc(OCC(F)(F)F)nc1. The number of nitrogens with one attached hydrogen (secondary N) is 2. The van der Waals surface area contributed by atoms with Gasteiger partial charge in [-0.2, -0.15) is 13.2 Å². The second-order valence-corrected chi connectivity index (χ2v) is 4.32. The summed E-state index contributed by atoms with van der Waals surface area (Å²) in [6.45, 7) is 0.767. The molecule has 2 N–H and O–H groups in total. The van der Waals surface area contributed by atoms with Crippen molar-refractivity contribution in [2.24, 2.45) is 0 Å². The van der Waals surface area contributed by atoms with Gasteiger partial charge in [-0.1, -0.05) is 6.92 Å². The smallest absolute Gasteiger partial charge is 0.422 e. The monoisotopic (exact) mass is 319 g/mol. The van der Waals surface area contributed by atoms with Gasteiger partial charge in [-0.15, -0.1) is 0 Å². The van der Waals surface area contributed by atoms with Crippen LogP contribution < -0.4 is 15.4 Å². The average Bonchev–Trinajstić information content (AvgIpc) is 2.48. The summed E-state index contributed by atoms with van der Waals surface area (Å²) in [5.74, 6) is -1.12. The van der Waals surface area contributed by atoms with E-state index >= 15 is 0 Å². The maximum Gasteiger partial charge on any atom is 0.422 e. The number of aromatic nitrogens is 1. The van der Waals surface area contributed by atoms with E-state index in [-0.39, 0.29) is 23.9 Å². The van der Waals surface area contributed by atoms with Crippen molar-refractivity contribution < 1.29 is 27.5 Å². The molecule has 0 bridgehead atoms. The zero-order valence-corrected chi connectivity index (χ0v) is 11.9. The molecule has 0 saturated heterocycles. The van der Waals surface area contributed by atoms with E-state index < -0.39 is 18.7 Å². The quantitative estimate of drug-likeness (QED) is 0.793. The van der Waals surface area contributed by atoms with Crippen LogP contribution >= 0.6 is 0 Å². The zero-order chi connectivity index (χ0) is 16.6. The Kier molecular flexibility index (Phi) is 6.61. The fourth-order valence-electron chi connectivity index (χ4n) is 1.35. The number of amides is 2. The molecule has 122 valence electrons. The molecule has 0 fully saturated rings. The first kappa shape index (κ1) is 17.7. The van der Waals surface area contributed by atoms with E-state index in [1.807, 2.05) is 6.92 Å². The highest BCUT2D eigenvalue weighted by molar-refractivity contribution is 5.96. The molecule has 0 spiro atoms. The molecule has 0 atom stereocenters. The minimum Gasteiger partial charge on any atom is -0.468 e. The topological polar surface area (TPSA) is 80.3 Å². The van der Waals surface area contributed by atoms with E-state index in [0.717, 1.165) is 18.7 Å². The van der Waals surface area contributed by atoms with Crippen LogP contribution in [0.25, 0.3) is 0 Å². The highest BCUT2D eigenvalue weighted by atomic mass is 19.4. The maximum atomic E-state index is 12.0. The molecule has 22 heavy (non-hydrogen) atoms. The van der Waals surface area contributed by atoms with Gasteiger partial charge in [-0.25, -0.2) is 4.98 Å². The first-order valence-corrected chi connectivity index (χ1v) is 6.52. The molecule has 1 aromatic heterocycles. The van der Waals surface area contributed by atoms with Gasteiger partial charge >= 0.3 is 6.18 Å². The maximum absolute atomic E-state index is 12.0. The number of rotatable bonds is 7. The van der Waals surface area contributed by atoms with Gasteiger partial charge in [0.05, 0.1) is 12.1 Å². The first-order chi connectivity index (χ1) is 10.3. The predicted octanol–water partition coefficient (Wildman–Crippen LogP) is 1.28. The van der Waals surface area contributed by atoms with Crippen LogP contribution in [0.3, 0.4) is 0 Å². The lowest BCUT2D eigenvalue weighted by molar-refractivity contribution is -0.154. The first-order valence-electron chi connectivity index (χ1n) is 6.52. The Morgan fingerprint density at radius 3 is 2.55 bits per heavy atom. The standard InChI is InChI=1S/C13H16F3N3O3/c1-2-5-17-10(20)7-19-12(21)9-3-4-11(18-6-9)22-8-13(14,15)16/h3-4,6H,2,5,7-8H2,1H3,(H,17,20)(H,19,21). The van der Waals surface area contributed by atoms with E-state index in [1.165, 1.54) is 6.07 Å². The van der Waals surface area contributed by atoms with Gasteiger partial charge in [-0.3, -0.25) is 9.59 Å². The minimum atomic E-state index is -4.45. The Balaban J connectivity index is 2.45. The highest BCUT2D eigenvalue weighted by Crippen LogP contribution is 2.16. The summed E-state index contributed by atoms with van der Waals surface area (Å²) in [4.78, 5) is 26.6. The minimum absolute atomic E-state index is 0.114. The van der Waals surface area contributed by atoms with Gasteiger partial charge in [0.15, 0.2) is 6.61 Å². The average molecular weight is 319 g/mol. The Morgan fingerprint density at radius 1 is 1.27 bits per heavy atom. The third-order valence-electron chi connectivity index (χ3n) is 2.36. The molecule has 1 rings (SSSR count). The Morgan fingerprint density at radius 2 is 2.00 bits per heavy atom. The predicted molar refractivity (Wildman–Crippen MR) is 71.4 cm³/mol. The lowest BCUT2D eigenvalue weighted by Crippen LogP contribution is -2.37. The van der Waals surface area contributed by atoms with Crippen molar-refractivity contribution >= 4 is 11.8 Å². The van der Waals surface area contributed by atoms with Crippen molar-refractivity contribution in [1.29, 1.82) is 0 Å². The Labute approximate surface area is 125 Å². The molecule has 0 aliphatic heterocycles. The lowest BCUT2D eigenvalue weighted by atomic mass is 10.2. The number of halogens is 3. The number of nitrogens with zero attached hydrogens (tertiary/aromatic N) is 1. The molecule has 0 aliphatic rings. The summed E-state index contributed by atoms with van der Waals surface area (Å²) in [6.07, 6.45) is -2.60. The molecule has 6 nitrogen and oxygen atoms in total. The van der Waals surface area contributed by atoms with Crippen molar-refractivity contribution in [3.05, 3.63) is 23.9 Å². The number of carbonyl (C=O) groups is 2. The fraction of sp³-hybridized carbons (Fsp3) is 0.462. The van der Waals surface area contributed by atoms with E-state index in [2.05, 4.69) is 20.4 Å². The number of alkyl halides is 3. The van der Waals surface area contributed by atoms with Crippen molar-refractivity contribution in [1.82, 2.24) is 15.6 Å². The normalized spacial score (nSPS) is 10.9. The third kappa shape index (κ3) is 6.91. The van der Waals surface area contributed by atoms with Crippen molar-refractivity contribution in [2.45, 2.75) is 19.5 Å². The second-order valence-electron chi connectivity index (χ2n) is 4.32. The van der Waals surface area contributed by atoms with Gasteiger partial charge < -0.3 is 15.4 Å². The summed E-state index contributed by atoms with van der Waals surface area (Å²) >= 11 is 0. The summed E-state index contributed by atoms with van der Waals surface area (Å²) < 4.78 is 40.3. The summed E-state index contributed by atoms with van der Waals surface area (Å²) in [5, 5.41) is 4.95. The largest absolute Gasteiger partial charge is 0.468 e. The van der Waals surface area contributed by atoms with Gasteiger partial charge in [0.1, 0.15) is 0 Å². The summed E-state index contributed by atoms with van der Waals surface area (Å²) in [5.41, 5.74) is 0.114. The molecule has 0 radical (unpaired) electrons. The third-order valence-corrected chi connectivity index (χ3v) is 2.36. The van der Waals surface area contributed by atoms with Gasteiger partial charge in [0.2, 0.25) is 11.8 Å². The van der Waals surface area contributed by atoms with E-state index in [1.54, 1.807) is 0 Å². The van der Waals surface area contributed by atoms with Crippen molar-refractivity contribution in [3.63, 3.8) is 0 Å². The van der Waals surface area contributed by atoms with Crippen molar-refractivity contribution in [3.8, 4) is 5.88 Å². The molecular weight excluding hydrogens is 303 g/mol. The number of hydrogen-bond acceptors (Lipinski definition) is 4. The number of pyridine rings is 1. The lowest BCUT2D eigenvalue weighted by Gasteiger charge is -2.09. The van der Waals surface area contributed by atoms with Crippen LogP contribution in [0.4, 0.5) is 13.2 Å². The molecule has 0 unspecified atom stereocenters. The highest BCUT2D eigenvalue weighted by Gasteiger charge is 2.28. The molecule has 0 aliphatic carbocycles. The molecule has 0 aromatic carbocycles. The molecule has 0 saturated carbocycles. The van der Waals surface area contributed by atoms with Crippen LogP contribution in [0.5, 0.6) is 5.88 Å². The van der Waals surface area contributed by atoms with Crippen LogP contribution in [-0.2, 0) is 4.79 Å². The Hall–Kier alpha value is -2.32. The Bertz CT molecular complexity index is 503. The summed E-state index contributed by atoms with van der Waals surface area (Å²) in [7, 11) is 0. The fourth-order valence-corrected chi connectivity index (χ4v) is 1.35. The van der Waals surface area contributed by atoms with Crippen LogP contribution in [-0.4, -0.2) is 42.7 Å². The van der Waals surface area contributed by atoms with Gasteiger partial charge in [-0.05, 0) is 12.5 Å². The van der Waals surface area contributed by atoms with Gasteiger partial charge in [0.25, 0.3) is 5.91 Å². The number of carbonyl (C=O) groups excluding carboxylic acids is 2. The molecule has 1 heterocycles. The van der Waals surface area contributed by atoms with Crippen molar-refractivity contribution in [2.75, 3.05) is 19.7 Å². The second kappa shape index (κ2) is 8.20. The summed E-state index contributed by atoms with van der Waals surface area (Å²) in [6, 6.07) is 2.41. The van der Waals surface area contributed by atoms with E-state index in [0.29, 0.717) is 6.54 Å². The van der Waals surface area contributed by atoms with E-state index in [9.17, 15) is 22.8 Å². The number of hydrogen-bond donors (Lipinski definition) is 2. The molecule has 2 amide bonds.